The molecule has 8 heterocycles. The van der Waals surface area contributed by atoms with Gasteiger partial charge in [-0.25, -0.2) is 24.9 Å². The molecule has 0 amide bonds. The lowest BCUT2D eigenvalue weighted by Gasteiger charge is -2.18. The maximum Gasteiger partial charge on any atom is 0.374 e. The van der Waals surface area contributed by atoms with Crippen molar-refractivity contribution >= 4 is 183 Å². The number of H-pyrrole nitrogens is 1. The van der Waals surface area contributed by atoms with Gasteiger partial charge in [-0.1, -0.05) is 82.4 Å². The molecular formula is C59H61Cl8N16O9PS2. The number of nitrogens with zero attached hydrogens (tertiary/aromatic N) is 10. The minimum atomic E-state index is -3.22. The van der Waals surface area contributed by atoms with Gasteiger partial charge >= 0.3 is 27.8 Å². The van der Waals surface area contributed by atoms with E-state index in [1.54, 1.807) is 24.7 Å². The maximum atomic E-state index is 10.7. The second kappa shape index (κ2) is 47.0. The fourth-order valence-corrected chi connectivity index (χ4v) is 9.08. The van der Waals surface area contributed by atoms with Crippen molar-refractivity contribution in [3.05, 3.63) is 151 Å². The van der Waals surface area contributed by atoms with Crippen molar-refractivity contribution < 1.29 is 24.4 Å². The Kier molecular flexibility index (Phi) is 42.0. The number of halogens is 8. The number of nitrogen functional groups attached to an aromatic ring is 2. The summed E-state index contributed by atoms with van der Waals surface area (Å²) in [6.45, 7) is 3.78. The maximum absolute atomic E-state index is 10.7. The first-order valence-corrected chi connectivity index (χ1v) is 34.4. The van der Waals surface area contributed by atoms with Crippen LogP contribution in [0, 0.1) is 92.1 Å². The third-order valence-corrected chi connectivity index (χ3v) is 13.8. The zero-order chi connectivity index (χ0) is 71.6. The number of aromatic amines is 1. The number of rotatable bonds is 19. The smallest absolute Gasteiger partial charge is 0.374 e. The topological polar surface area (TPSA) is 373 Å². The number of terminal acetylenes is 5. The van der Waals surface area contributed by atoms with Crippen molar-refractivity contribution in [1.82, 2.24) is 29.9 Å². The van der Waals surface area contributed by atoms with Gasteiger partial charge in [0.05, 0.1) is 41.8 Å². The third kappa shape index (κ3) is 32.3. The molecule has 0 atom stereocenters. The molecule has 6 aromatic rings. The number of aromatic nitrogens is 6. The normalized spacial score (nSPS) is 10.9. The molecule has 0 aliphatic carbocycles. The SMILES string of the molecule is C#CCCCN.C#CCCCN1C(=S)Cc2c1ccnc2Cl.C#CCCCN1C(=S)Cc2c1ccnc2N.C#CCCCNc1ccnc(Cl)c1N.C#CCCCNc1ccnc(Cl)c1[N+](=O)[O-].O=P(Cl)(Cl)Cl.O=[N+]([O-])c1c(Cl)ccnc1Cl.O=c1[nH]ccc(O)c1[N+](=O)[O-]. The minimum Gasteiger partial charge on any atom is -0.502 e. The van der Waals surface area contributed by atoms with Gasteiger partial charge < -0.3 is 47.7 Å². The summed E-state index contributed by atoms with van der Waals surface area (Å²) in [6.07, 6.45) is 44.2. The molecular weight excluding hydrogens is 1460 g/mol. The molecule has 36 heteroatoms. The highest BCUT2D eigenvalue weighted by molar-refractivity contribution is 8.24. The van der Waals surface area contributed by atoms with E-state index in [2.05, 4.69) is 114 Å². The molecule has 25 nitrogen and oxygen atoms in total. The molecule has 0 saturated carbocycles. The zero-order valence-corrected chi connectivity index (χ0v) is 58.6. The van der Waals surface area contributed by atoms with Gasteiger partial charge in [0, 0.05) is 131 Å². The highest BCUT2D eigenvalue weighted by Crippen LogP contribution is 2.61. The Hall–Kier alpha value is -8.01. The molecule has 0 aromatic carbocycles. The number of unbranched alkanes of at least 4 members (excludes halogenated alkanes) is 5. The van der Waals surface area contributed by atoms with Crippen molar-refractivity contribution in [3.8, 4) is 67.5 Å². The fraction of sp³-hybridized carbons (Fsp3) is 0.288. The highest BCUT2D eigenvalue weighted by atomic mass is 36.0. The van der Waals surface area contributed by atoms with Crippen LogP contribution in [0.1, 0.15) is 75.3 Å². The number of nitro groups is 3. The Morgan fingerprint density at radius 1 is 0.589 bits per heavy atom. The van der Waals surface area contributed by atoms with Crippen LogP contribution in [0.2, 0.25) is 25.6 Å². The van der Waals surface area contributed by atoms with Crippen molar-refractivity contribution in [1.29, 1.82) is 0 Å². The van der Waals surface area contributed by atoms with Gasteiger partial charge in [0.2, 0.25) is 16.1 Å². The molecule has 0 bridgehead atoms. The molecule has 0 unspecified atom stereocenters. The van der Waals surface area contributed by atoms with E-state index >= 15 is 0 Å². The van der Waals surface area contributed by atoms with Crippen LogP contribution >= 0.6 is 121 Å². The average Bonchev–Trinajstić information content (AvgIpc) is 1.67. The van der Waals surface area contributed by atoms with E-state index in [1.165, 1.54) is 24.5 Å². The average molecular weight is 1520 g/mol. The van der Waals surface area contributed by atoms with Crippen LogP contribution in [0.25, 0.3) is 0 Å². The molecule has 0 spiro atoms. The van der Waals surface area contributed by atoms with E-state index in [0.29, 0.717) is 53.4 Å². The van der Waals surface area contributed by atoms with Gasteiger partial charge in [0.25, 0.3) is 0 Å². The summed E-state index contributed by atoms with van der Waals surface area (Å²) in [4.78, 5) is 66.8. The van der Waals surface area contributed by atoms with Gasteiger partial charge in [0.15, 0.2) is 5.15 Å². The van der Waals surface area contributed by atoms with Gasteiger partial charge in [-0.2, -0.15) is 0 Å². The number of nitrogens with two attached hydrogens (primary N) is 3. The van der Waals surface area contributed by atoms with Gasteiger partial charge in [-0.05, 0) is 103 Å². The van der Waals surface area contributed by atoms with E-state index in [9.17, 15) is 39.7 Å². The summed E-state index contributed by atoms with van der Waals surface area (Å²) < 4.78 is 9.51. The van der Waals surface area contributed by atoms with Gasteiger partial charge in [-0.15, -0.1) is 61.7 Å². The summed E-state index contributed by atoms with van der Waals surface area (Å²) in [6, 6.07) is 9.57. The van der Waals surface area contributed by atoms with Crippen molar-refractivity contribution in [2.75, 3.05) is 64.6 Å². The monoisotopic (exact) mass is 1510 g/mol. The Morgan fingerprint density at radius 2 is 0.989 bits per heavy atom. The first kappa shape index (κ1) is 85.0. The number of nitrogens with one attached hydrogen (secondary N) is 3. The van der Waals surface area contributed by atoms with E-state index in [0.717, 1.165) is 134 Å². The number of aromatic hydroxyl groups is 1. The summed E-state index contributed by atoms with van der Waals surface area (Å²) >= 11 is 52.8. The number of anilines is 6. The van der Waals surface area contributed by atoms with Gasteiger partial charge in [-0.3, -0.25) is 39.7 Å². The van der Waals surface area contributed by atoms with Gasteiger partial charge in [0.1, 0.15) is 21.7 Å². The van der Waals surface area contributed by atoms with Crippen molar-refractivity contribution in [3.63, 3.8) is 0 Å². The zero-order valence-electron chi connectivity index (χ0n) is 50.0. The van der Waals surface area contributed by atoms with Crippen LogP contribution in [-0.2, 0) is 17.4 Å². The van der Waals surface area contributed by atoms with Crippen LogP contribution < -0.4 is 43.2 Å². The van der Waals surface area contributed by atoms with E-state index in [1.807, 2.05) is 12.1 Å². The lowest BCUT2D eigenvalue weighted by molar-refractivity contribution is -0.387. The van der Waals surface area contributed by atoms with Crippen LogP contribution in [0.15, 0.2) is 78.4 Å². The van der Waals surface area contributed by atoms with E-state index in [-0.39, 0.29) is 26.7 Å². The fourth-order valence-electron chi connectivity index (χ4n) is 7.32. The van der Waals surface area contributed by atoms with Crippen LogP contribution in [0.5, 0.6) is 5.75 Å². The minimum absolute atomic E-state index is 0.00463. The van der Waals surface area contributed by atoms with E-state index in [4.69, 9.17) is 137 Å². The first-order valence-electron chi connectivity index (χ1n) is 27.3. The second-order valence-corrected chi connectivity index (χ2v) is 27.5. The molecule has 10 N–H and O–H groups in total. The van der Waals surface area contributed by atoms with Crippen molar-refractivity contribution in [2.24, 2.45) is 5.73 Å². The summed E-state index contributed by atoms with van der Waals surface area (Å²) in [5.41, 5.74) is 20.3. The molecule has 504 valence electrons. The number of hydrogen-bond donors (Lipinski definition) is 7. The lowest BCUT2D eigenvalue weighted by atomic mass is 10.2. The molecule has 8 rings (SSSR count). The summed E-state index contributed by atoms with van der Waals surface area (Å²) in [5, 5.41) is 43.2. The number of thiocarbonyl (C=S) groups is 2. The Balaban J connectivity index is 0.000000555. The van der Waals surface area contributed by atoms with Crippen LogP contribution in [-0.4, -0.2) is 92.5 Å². The quantitative estimate of drug-likeness (QED) is 0.00753. The predicted octanol–water partition coefficient (Wildman–Crippen LogP) is 14.7. The Bertz CT molecular complexity index is 3780. The standard InChI is InChI=1S/C12H11ClN2S.C12H13N3S.C10H10ClN3O2.C10H12ClN3.C5H2Cl2N2O2.C5H4N2O4.C5H9N.Cl3OP/c2*1-2-3-4-7-15-10-5-6-14-12(13)9(10)8-11(15)16;1-2-3-4-6-12-8-5-7-13-10(11)9(8)14(15)16;1-2-3-4-6-13-8-5-7-14-10(11)9(8)12;6-3-1-2-8-5(7)4(3)9(10)11;8-3-1-2-6-5(9)4(3)7(10)11;1-2-3-4-5-6;1-5(2,3)4/h1,5-6H,3-4,7-8H2;1,5-6H,3-4,7-8H2,(H2,13,14);1,5,7H,3-4,6H2,(H,12,13);1,5,7H,3-4,6,12H2,(H,13,14);1-2H;1-2H,(H2,6,8,9);1H,3-6H2;. The number of fused-ring (bicyclic) bond motifs is 2. The number of pyridine rings is 6. The Morgan fingerprint density at radius 3 is 1.43 bits per heavy atom. The highest BCUT2D eigenvalue weighted by Gasteiger charge is 2.27. The summed E-state index contributed by atoms with van der Waals surface area (Å²) in [5.74, 6) is 12.8. The summed E-state index contributed by atoms with van der Waals surface area (Å²) in [7, 11) is 0. The second-order valence-electron chi connectivity index (χ2n) is 18.1. The molecule has 6 aromatic heterocycles. The Labute approximate surface area is 598 Å². The molecule has 0 saturated heterocycles. The van der Waals surface area contributed by atoms with Crippen molar-refractivity contribution in [2.45, 2.75) is 77.0 Å². The predicted molar refractivity (Wildman–Crippen MR) is 393 cm³/mol. The molecule has 2 aliphatic heterocycles. The largest absolute Gasteiger partial charge is 0.502 e. The molecule has 2 aliphatic rings. The number of hydrogen-bond acceptors (Lipinski definition) is 21. The third-order valence-electron chi connectivity index (χ3n) is 11.6. The first-order chi connectivity index (χ1) is 45.1. The van der Waals surface area contributed by atoms with E-state index < -0.39 is 37.0 Å². The molecule has 0 fully saturated rings. The molecule has 0 radical (unpaired) electrons. The van der Waals surface area contributed by atoms with Crippen LogP contribution in [0.4, 0.5) is 51.3 Å². The molecule has 95 heavy (non-hydrogen) atoms. The lowest BCUT2D eigenvalue weighted by Crippen LogP contribution is -2.26. The van der Waals surface area contributed by atoms with Crippen LogP contribution in [0.3, 0.4) is 0 Å².